The molecule has 21 heavy (non-hydrogen) atoms. The second-order valence-corrected chi connectivity index (χ2v) is 7.11. The number of hydrogen-bond acceptors (Lipinski definition) is 1. The number of carbonyl (C=O) groups is 1. The lowest BCUT2D eigenvalue weighted by atomic mass is 9.95. The zero-order valence-electron chi connectivity index (χ0n) is 12.3. The third-order valence-corrected chi connectivity index (χ3v) is 4.17. The van der Waals surface area contributed by atoms with Gasteiger partial charge in [-0.25, -0.2) is 0 Å². The van der Waals surface area contributed by atoms with Gasteiger partial charge >= 0.3 is 0 Å². The van der Waals surface area contributed by atoms with E-state index in [1.54, 1.807) is 0 Å². The number of aromatic nitrogens is 1. The highest BCUT2D eigenvalue weighted by Gasteiger charge is 2.21. The van der Waals surface area contributed by atoms with Gasteiger partial charge in [0.05, 0.1) is 0 Å². The van der Waals surface area contributed by atoms with Crippen molar-refractivity contribution in [1.82, 2.24) is 4.98 Å². The van der Waals surface area contributed by atoms with Crippen molar-refractivity contribution in [2.75, 3.05) is 5.32 Å². The molecule has 0 fully saturated rings. The van der Waals surface area contributed by atoms with Gasteiger partial charge in [-0.2, -0.15) is 0 Å². The number of H-pyrrole nitrogens is 1. The van der Waals surface area contributed by atoms with Gasteiger partial charge in [0.2, 0.25) is 5.91 Å². The number of halogens is 1. The Morgan fingerprint density at radius 2 is 1.90 bits per heavy atom. The zero-order valence-corrected chi connectivity index (χ0v) is 13.8. The van der Waals surface area contributed by atoms with Crippen LogP contribution in [-0.2, 0) is 4.79 Å². The Bertz CT molecular complexity index is 843. The highest BCUT2D eigenvalue weighted by Crippen LogP contribution is 2.33. The maximum atomic E-state index is 12.1. The van der Waals surface area contributed by atoms with E-state index in [-0.39, 0.29) is 5.91 Å². The fraction of sp³-hybridized carbons (Fsp3) is 0.235. The summed E-state index contributed by atoms with van der Waals surface area (Å²) in [6, 6.07) is 12.0. The summed E-state index contributed by atoms with van der Waals surface area (Å²) in [4.78, 5) is 15.5. The zero-order chi connectivity index (χ0) is 15.2. The Kier molecular flexibility index (Phi) is 3.29. The maximum Gasteiger partial charge on any atom is 0.229 e. The molecule has 2 aromatic carbocycles. The van der Waals surface area contributed by atoms with Gasteiger partial charge in [-0.05, 0) is 24.3 Å². The minimum atomic E-state index is -0.404. The molecular weight excluding hydrogens is 328 g/mol. The predicted octanol–water partition coefficient (Wildman–Crippen LogP) is 5.07. The van der Waals surface area contributed by atoms with Crippen molar-refractivity contribution in [3.05, 3.63) is 40.9 Å². The monoisotopic (exact) mass is 344 g/mol. The van der Waals surface area contributed by atoms with Crippen LogP contribution in [0.5, 0.6) is 0 Å². The molecule has 0 bridgehead atoms. The molecule has 108 valence electrons. The Labute approximate surface area is 131 Å². The van der Waals surface area contributed by atoms with E-state index in [0.29, 0.717) is 0 Å². The molecule has 0 atom stereocenters. The van der Waals surface area contributed by atoms with Gasteiger partial charge in [-0.15, -0.1) is 0 Å². The molecule has 4 heteroatoms. The fourth-order valence-electron chi connectivity index (χ4n) is 2.31. The van der Waals surface area contributed by atoms with Crippen LogP contribution in [0.1, 0.15) is 20.8 Å². The topological polar surface area (TPSA) is 44.9 Å². The summed E-state index contributed by atoms with van der Waals surface area (Å²) < 4.78 is 1.07. The van der Waals surface area contributed by atoms with E-state index in [4.69, 9.17) is 0 Å². The third kappa shape index (κ3) is 2.56. The van der Waals surface area contributed by atoms with E-state index in [0.717, 1.165) is 26.6 Å². The van der Waals surface area contributed by atoms with Crippen molar-refractivity contribution < 1.29 is 4.79 Å². The van der Waals surface area contributed by atoms with Crippen LogP contribution in [0, 0.1) is 5.41 Å². The number of amides is 1. The number of nitrogens with one attached hydrogen (secondary N) is 2. The third-order valence-electron chi connectivity index (χ3n) is 3.51. The summed E-state index contributed by atoms with van der Waals surface area (Å²) in [5.41, 5.74) is 2.51. The number of aromatic amines is 1. The second-order valence-electron chi connectivity index (χ2n) is 6.25. The lowest BCUT2D eigenvalue weighted by molar-refractivity contribution is -0.123. The summed E-state index contributed by atoms with van der Waals surface area (Å²) in [7, 11) is 0. The van der Waals surface area contributed by atoms with Crippen molar-refractivity contribution in [3.8, 4) is 0 Å². The standard InChI is InChI=1S/C17H17BrN2O/c1-17(2,3)16(21)19-10-7-8-11-14(9-10)20-13-6-4-5-12(18)15(11)13/h4-9,20H,1-3H3,(H,19,21). The largest absolute Gasteiger partial charge is 0.354 e. The van der Waals surface area contributed by atoms with Gasteiger partial charge < -0.3 is 10.3 Å². The molecule has 1 aromatic heterocycles. The van der Waals surface area contributed by atoms with Crippen LogP contribution in [0.25, 0.3) is 21.8 Å². The van der Waals surface area contributed by atoms with Gasteiger partial charge in [0.15, 0.2) is 0 Å². The molecule has 0 unspecified atom stereocenters. The SMILES string of the molecule is CC(C)(C)C(=O)Nc1ccc2c(c1)[nH]c1cccc(Br)c12. The van der Waals surface area contributed by atoms with Gasteiger partial charge in [0, 0.05) is 37.4 Å². The minimum Gasteiger partial charge on any atom is -0.354 e. The average molecular weight is 345 g/mol. The fourth-order valence-corrected chi connectivity index (χ4v) is 2.89. The molecular formula is C17H17BrN2O. The summed E-state index contributed by atoms with van der Waals surface area (Å²) in [6.45, 7) is 5.71. The first-order valence-corrected chi connectivity index (χ1v) is 7.67. The Morgan fingerprint density at radius 3 is 2.62 bits per heavy atom. The van der Waals surface area contributed by atoms with E-state index in [2.05, 4.69) is 26.2 Å². The van der Waals surface area contributed by atoms with E-state index >= 15 is 0 Å². The molecule has 0 radical (unpaired) electrons. The molecule has 0 aliphatic carbocycles. The molecule has 0 spiro atoms. The van der Waals surface area contributed by atoms with Crippen LogP contribution in [0.4, 0.5) is 5.69 Å². The van der Waals surface area contributed by atoms with Crippen LogP contribution in [0.3, 0.4) is 0 Å². The first-order chi connectivity index (χ1) is 9.86. The van der Waals surface area contributed by atoms with Gasteiger partial charge in [-0.1, -0.05) is 48.8 Å². The highest BCUT2D eigenvalue weighted by molar-refractivity contribution is 9.10. The van der Waals surface area contributed by atoms with Gasteiger partial charge in [0.25, 0.3) is 0 Å². The predicted molar refractivity (Wildman–Crippen MR) is 91.6 cm³/mol. The normalized spacial score (nSPS) is 12.0. The Balaban J connectivity index is 2.07. The minimum absolute atomic E-state index is 0.0131. The van der Waals surface area contributed by atoms with E-state index < -0.39 is 5.41 Å². The molecule has 3 nitrogen and oxygen atoms in total. The van der Waals surface area contributed by atoms with Gasteiger partial charge in [-0.3, -0.25) is 4.79 Å². The Hall–Kier alpha value is -1.81. The Morgan fingerprint density at radius 1 is 1.14 bits per heavy atom. The number of rotatable bonds is 1. The molecule has 0 saturated heterocycles. The molecule has 3 aromatic rings. The van der Waals surface area contributed by atoms with Crippen LogP contribution >= 0.6 is 15.9 Å². The molecule has 0 aliphatic heterocycles. The number of carbonyl (C=O) groups excluding carboxylic acids is 1. The molecule has 0 saturated carbocycles. The maximum absolute atomic E-state index is 12.1. The lowest BCUT2D eigenvalue weighted by Crippen LogP contribution is -2.27. The number of benzene rings is 2. The van der Waals surface area contributed by atoms with Crippen LogP contribution < -0.4 is 5.32 Å². The first kappa shape index (κ1) is 14.1. The number of hydrogen-bond donors (Lipinski definition) is 2. The quantitative estimate of drug-likeness (QED) is 0.636. The number of fused-ring (bicyclic) bond motifs is 3. The van der Waals surface area contributed by atoms with E-state index in [9.17, 15) is 4.79 Å². The lowest BCUT2D eigenvalue weighted by Gasteiger charge is -2.17. The average Bonchev–Trinajstić information content (AvgIpc) is 2.76. The summed E-state index contributed by atoms with van der Waals surface area (Å²) in [6.07, 6.45) is 0. The number of anilines is 1. The molecule has 1 heterocycles. The van der Waals surface area contributed by atoms with Crippen LogP contribution in [0.2, 0.25) is 0 Å². The highest BCUT2D eigenvalue weighted by atomic mass is 79.9. The van der Waals surface area contributed by atoms with Crippen molar-refractivity contribution in [3.63, 3.8) is 0 Å². The van der Waals surface area contributed by atoms with Crippen molar-refractivity contribution in [2.24, 2.45) is 5.41 Å². The van der Waals surface area contributed by atoms with Gasteiger partial charge in [0.1, 0.15) is 0 Å². The summed E-state index contributed by atoms with van der Waals surface area (Å²) >= 11 is 3.59. The van der Waals surface area contributed by atoms with Crippen molar-refractivity contribution in [1.29, 1.82) is 0 Å². The summed E-state index contributed by atoms with van der Waals surface area (Å²) in [5.74, 6) is 0.0131. The van der Waals surface area contributed by atoms with E-state index in [1.807, 2.05) is 57.2 Å². The van der Waals surface area contributed by atoms with Crippen molar-refractivity contribution in [2.45, 2.75) is 20.8 Å². The van der Waals surface area contributed by atoms with Crippen molar-refractivity contribution >= 4 is 49.3 Å². The molecule has 1 amide bonds. The second kappa shape index (κ2) is 4.88. The smallest absolute Gasteiger partial charge is 0.229 e. The van der Waals surface area contributed by atoms with Crippen LogP contribution in [0.15, 0.2) is 40.9 Å². The first-order valence-electron chi connectivity index (χ1n) is 6.88. The molecule has 0 aliphatic rings. The molecule has 2 N–H and O–H groups in total. The van der Waals surface area contributed by atoms with E-state index in [1.165, 1.54) is 5.39 Å². The molecule has 3 rings (SSSR count). The van der Waals surface area contributed by atoms with Crippen LogP contribution in [-0.4, -0.2) is 10.9 Å². The summed E-state index contributed by atoms with van der Waals surface area (Å²) in [5, 5.41) is 5.27.